The molecular weight excluding hydrogens is 246 g/mol. The number of fused-ring (bicyclic) bond motifs is 1. The van der Waals surface area contributed by atoms with E-state index in [0.717, 1.165) is 25.7 Å². The Labute approximate surface area is 111 Å². The number of rotatable bonds is 2. The molecule has 0 radical (unpaired) electrons. The van der Waals surface area contributed by atoms with Gasteiger partial charge in [0.2, 0.25) is 0 Å². The Balaban J connectivity index is 1.55. The number of carbonyl (C=O) groups is 3. The van der Waals surface area contributed by atoms with Gasteiger partial charge in [0.25, 0.3) is 11.8 Å². The van der Waals surface area contributed by atoms with Crippen molar-refractivity contribution >= 4 is 17.8 Å². The third-order valence-electron chi connectivity index (χ3n) is 5.71. The van der Waals surface area contributed by atoms with Gasteiger partial charge in [0.1, 0.15) is 0 Å². The Kier molecular flexibility index (Phi) is 2.16. The van der Waals surface area contributed by atoms with Crippen molar-refractivity contribution in [3.05, 3.63) is 0 Å². The standard InChI is InChI=1S/C14H17NO4/c16-11-6-7-12(17)15(11)19-13(18)14-8-2-1-3-9(14)10(14)5-4-8/h8-10H,1-7H2/t8?,9?,10?,14-/m0/s1. The summed E-state index contributed by atoms with van der Waals surface area (Å²) < 4.78 is 0. The van der Waals surface area contributed by atoms with Crippen molar-refractivity contribution in [1.29, 1.82) is 0 Å². The van der Waals surface area contributed by atoms with Crippen LogP contribution in [0.5, 0.6) is 0 Å². The second-order valence-electron chi connectivity index (χ2n) is 6.31. The summed E-state index contributed by atoms with van der Waals surface area (Å²) >= 11 is 0. The third-order valence-corrected chi connectivity index (χ3v) is 5.71. The molecule has 3 aliphatic carbocycles. The molecule has 5 nitrogen and oxygen atoms in total. The fourth-order valence-corrected chi connectivity index (χ4v) is 4.92. The first-order valence-corrected chi connectivity index (χ1v) is 7.24. The molecule has 0 aromatic rings. The molecular formula is C14H17NO4. The Morgan fingerprint density at radius 2 is 1.74 bits per heavy atom. The number of carbonyl (C=O) groups excluding carboxylic acids is 3. The molecule has 1 saturated heterocycles. The van der Waals surface area contributed by atoms with Crippen LogP contribution >= 0.6 is 0 Å². The predicted molar refractivity (Wildman–Crippen MR) is 63.2 cm³/mol. The van der Waals surface area contributed by atoms with E-state index in [1.54, 1.807) is 0 Å². The first-order valence-electron chi connectivity index (χ1n) is 7.24. The van der Waals surface area contributed by atoms with Gasteiger partial charge in [-0.05, 0) is 43.4 Å². The molecule has 2 amide bonds. The molecule has 19 heavy (non-hydrogen) atoms. The molecule has 1 heterocycles. The van der Waals surface area contributed by atoms with E-state index >= 15 is 0 Å². The molecule has 5 heteroatoms. The average Bonchev–Trinajstić information content (AvgIpc) is 2.72. The van der Waals surface area contributed by atoms with Crippen LogP contribution in [0.4, 0.5) is 0 Å². The summed E-state index contributed by atoms with van der Waals surface area (Å²) in [7, 11) is 0. The predicted octanol–water partition coefficient (Wildman–Crippen LogP) is 1.42. The second-order valence-corrected chi connectivity index (χ2v) is 6.31. The van der Waals surface area contributed by atoms with Crippen molar-refractivity contribution in [3.8, 4) is 0 Å². The molecule has 4 aliphatic rings. The van der Waals surface area contributed by atoms with E-state index in [1.165, 1.54) is 6.42 Å². The maximum absolute atomic E-state index is 12.5. The topological polar surface area (TPSA) is 63.7 Å². The summed E-state index contributed by atoms with van der Waals surface area (Å²) in [4.78, 5) is 40.8. The highest BCUT2D eigenvalue weighted by atomic mass is 16.7. The minimum absolute atomic E-state index is 0.162. The van der Waals surface area contributed by atoms with Crippen molar-refractivity contribution in [2.24, 2.45) is 23.2 Å². The largest absolute Gasteiger partial charge is 0.340 e. The molecule has 0 spiro atoms. The lowest BCUT2D eigenvalue weighted by Gasteiger charge is -2.28. The summed E-state index contributed by atoms with van der Waals surface area (Å²) in [5, 5.41) is 0.709. The van der Waals surface area contributed by atoms with E-state index in [9.17, 15) is 14.4 Å². The summed E-state index contributed by atoms with van der Waals surface area (Å²) in [5.41, 5.74) is -0.346. The van der Waals surface area contributed by atoms with E-state index in [0.29, 0.717) is 22.8 Å². The molecule has 102 valence electrons. The summed E-state index contributed by atoms with van der Waals surface area (Å²) in [6.07, 6.45) is 5.90. The number of amides is 2. The number of hydrogen-bond donors (Lipinski definition) is 0. The van der Waals surface area contributed by atoms with Crippen molar-refractivity contribution in [1.82, 2.24) is 5.06 Å². The van der Waals surface area contributed by atoms with Crippen molar-refractivity contribution in [3.63, 3.8) is 0 Å². The first-order chi connectivity index (χ1) is 9.15. The van der Waals surface area contributed by atoms with Gasteiger partial charge in [-0.1, -0.05) is 6.42 Å². The Hall–Kier alpha value is -1.39. The number of nitrogens with zero attached hydrogens (tertiary/aromatic N) is 1. The zero-order valence-electron chi connectivity index (χ0n) is 10.8. The molecule has 0 bridgehead atoms. The molecule has 4 fully saturated rings. The van der Waals surface area contributed by atoms with Crippen LogP contribution in [0.2, 0.25) is 0 Å². The van der Waals surface area contributed by atoms with Crippen LogP contribution in [-0.2, 0) is 19.2 Å². The monoisotopic (exact) mass is 263 g/mol. The van der Waals surface area contributed by atoms with E-state index < -0.39 is 0 Å². The van der Waals surface area contributed by atoms with Crippen LogP contribution in [0, 0.1) is 23.2 Å². The van der Waals surface area contributed by atoms with Gasteiger partial charge in [0.15, 0.2) is 0 Å². The average molecular weight is 263 g/mol. The van der Waals surface area contributed by atoms with Crippen molar-refractivity contribution in [2.45, 2.75) is 44.9 Å². The quantitative estimate of drug-likeness (QED) is 0.707. The molecule has 4 rings (SSSR count). The first kappa shape index (κ1) is 11.4. The van der Waals surface area contributed by atoms with E-state index in [4.69, 9.17) is 4.84 Å². The summed E-state index contributed by atoms with van der Waals surface area (Å²) in [5.74, 6) is 0.232. The van der Waals surface area contributed by atoms with Crippen LogP contribution in [0.1, 0.15) is 44.9 Å². The minimum Gasteiger partial charge on any atom is -0.330 e. The van der Waals surface area contributed by atoms with Gasteiger partial charge < -0.3 is 4.84 Å². The number of hydroxylamine groups is 2. The number of imide groups is 1. The zero-order valence-corrected chi connectivity index (χ0v) is 10.8. The van der Waals surface area contributed by atoms with Crippen molar-refractivity contribution in [2.75, 3.05) is 0 Å². The molecule has 1 aliphatic heterocycles. The highest BCUT2D eigenvalue weighted by molar-refractivity contribution is 6.02. The van der Waals surface area contributed by atoms with E-state index in [2.05, 4.69) is 0 Å². The SMILES string of the molecule is O=C1CCC(=O)N1OC(=O)[C@@]12C3CCCC1C2CC3. The van der Waals surface area contributed by atoms with Gasteiger partial charge in [0.05, 0.1) is 5.41 Å². The van der Waals surface area contributed by atoms with Crippen LogP contribution in [0.25, 0.3) is 0 Å². The highest BCUT2D eigenvalue weighted by Crippen LogP contribution is 2.76. The summed E-state index contributed by atoms with van der Waals surface area (Å²) in [6.45, 7) is 0. The normalized spacial score (nSPS) is 43.4. The van der Waals surface area contributed by atoms with E-state index in [1.807, 2.05) is 0 Å². The lowest BCUT2D eigenvalue weighted by atomic mass is 9.78. The second kappa shape index (κ2) is 3.58. The summed E-state index contributed by atoms with van der Waals surface area (Å²) in [6, 6.07) is 0. The van der Waals surface area contributed by atoms with Gasteiger partial charge in [0, 0.05) is 12.8 Å². The van der Waals surface area contributed by atoms with E-state index in [-0.39, 0.29) is 36.0 Å². The van der Waals surface area contributed by atoms with Crippen molar-refractivity contribution < 1.29 is 19.2 Å². The lowest BCUT2D eigenvalue weighted by Crippen LogP contribution is -2.39. The molecule has 0 aromatic heterocycles. The lowest BCUT2D eigenvalue weighted by molar-refractivity contribution is -0.204. The fourth-order valence-electron chi connectivity index (χ4n) is 4.92. The molecule has 0 aromatic carbocycles. The van der Waals surface area contributed by atoms with Crippen LogP contribution in [0.15, 0.2) is 0 Å². The molecule has 3 saturated carbocycles. The molecule has 3 unspecified atom stereocenters. The maximum atomic E-state index is 12.5. The molecule has 4 atom stereocenters. The van der Waals surface area contributed by atoms with Gasteiger partial charge in [-0.2, -0.15) is 0 Å². The van der Waals surface area contributed by atoms with Gasteiger partial charge in [-0.25, -0.2) is 4.79 Å². The maximum Gasteiger partial charge on any atom is 0.340 e. The zero-order chi connectivity index (χ0) is 13.2. The number of hydrogen-bond acceptors (Lipinski definition) is 4. The third kappa shape index (κ3) is 1.28. The Bertz CT molecular complexity index is 462. The van der Waals surface area contributed by atoms with Gasteiger partial charge >= 0.3 is 5.97 Å². The smallest absolute Gasteiger partial charge is 0.330 e. The Morgan fingerprint density at radius 1 is 1.05 bits per heavy atom. The van der Waals surface area contributed by atoms with Crippen LogP contribution < -0.4 is 0 Å². The highest BCUT2D eigenvalue weighted by Gasteiger charge is 2.77. The minimum atomic E-state index is -0.380. The van der Waals surface area contributed by atoms with Gasteiger partial charge in [-0.3, -0.25) is 9.59 Å². The van der Waals surface area contributed by atoms with Gasteiger partial charge in [-0.15, -0.1) is 5.06 Å². The van der Waals surface area contributed by atoms with Crippen LogP contribution in [0.3, 0.4) is 0 Å². The molecule has 0 N–H and O–H groups in total. The van der Waals surface area contributed by atoms with Crippen LogP contribution in [-0.4, -0.2) is 22.8 Å². The Morgan fingerprint density at radius 3 is 2.42 bits per heavy atom. The fraction of sp³-hybridized carbons (Fsp3) is 0.786.